The number of hydrogen-bond donors (Lipinski definition) is 0. The Morgan fingerprint density at radius 3 is 2.77 bits per heavy atom. The van der Waals surface area contributed by atoms with E-state index in [2.05, 4.69) is 39.9 Å². The van der Waals surface area contributed by atoms with E-state index in [4.69, 9.17) is 9.16 Å². The zero-order chi connectivity index (χ0) is 16.0. The Hall–Kier alpha value is -0.123. The summed E-state index contributed by atoms with van der Waals surface area (Å²) in [6.45, 7) is 12.6. The molecule has 1 spiro atoms. The molecular weight excluding hydrogens is 288 g/mol. The third-order valence-electron chi connectivity index (χ3n) is 6.73. The molecule has 1 saturated heterocycles. The molecule has 3 atom stereocenters. The van der Waals surface area contributed by atoms with Crippen LogP contribution in [-0.2, 0) is 9.16 Å². The van der Waals surface area contributed by atoms with Crippen molar-refractivity contribution in [3.63, 3.8) is 0 Å². The van der Waals surface area contributed by atoms with Crippen LogP contribution >= 0.6 is 0 Å². The molecular formula is C19H34O2Si. The molecule has 0 unspecified atom stereocenters. The highest BCUT2D eigenvalue weighted by Crippen LogP contribution is 2.50. The minimum absolute atomic E-state index is 0.134. The molecule has 3 aliphatic rings. The highest BCUT2D eigenvalue weighted by atomic mass is 28.4. The second-order valence-electron chi connectivity index (χ2n) is 9.19. The van der Waals surface area contributed by atoms with Gasteiger partial charge >= 0.3 is 0 Å². The van der Waals surface area contributed by atoms with Crippen molar-refractivity contribution in [2.24, 2.45) is 5.92 Å². The topological polar surface area (TPSA) is 18.5 Å². The van der Waals surface area contributed by atoms with Crippen molar-refractivity contribution >= 4 is 8.32 Å². The number of allylic oxidation sites excluding steroid dienone is 1. The first-order valence-electron chi connectivity index (χ1n) is 9.25. The van der Waals surface area contributed by atoms with Gasteiger partial charge in [0.25, 0.3) is 0 Å². The van der Waals surface area contributed by atoms with E-state index < -0.39 is 8.32 Å². The van der Waals surface area contributed by atoms with Crippen LogP contribution in [0.5, 0.6) is 0 Å². The van der Waals surface area contributed by atoms with Gasteiger partial charge in [0.05, 0.1) is 11.7 Å². The normalized spacial score (nSPS) is 35.8. The summed E-state index contributed by atoms with van der Waals surface area (Å²) in [6.07, 6.45) is 11.8. The Balaban J connectivity index is 1.68. The molecule has 3 rings (SSSR count). The maximum Gasteiger partial charge on any atom is 0.191 e. The molecule has 0 amide bonds. The molecule has 0 N–H and O–H groups in total. The standard InChI is InChI=1S/C19H34O2Si/c1-18(2,3)22(4,5)20-14-15-9-10-16-8-6-7-12-19(16)13-11-17(15)21-19/h10,15,17H,6-9,11-14H2,1-5H3/t15-,17-,19-/m0/s1. The highest BCUT2D eigenvalue weighted by Gasteiger charge is 2.48. The van der Waals surface area contributed by atoms with Crippen molar-refractivity contribution in [1.29, 1.82) is 0 Å². The second-order valence-corrected chi connectivity index (χ2v) is 14.0. The zero-order valence-electron chi connectivity index (χ0n) is 15.2. The molecule has 1 aliphatic carbocycles. The monoisotopic (exact) mass is 322 g/mol. The fraction of sp³-hybridized carbons (Fsp3) is 0.895. The lowest BCUT2D eigenvalue weighted by Crippen LogP contribution is -2.43. The maximum atomic E-state index is 6.64. The van der Waals surface area contributed by atoms with Crippen molar-refractivity contribution in [3.8, 4) is 0 Å². The SMILES string of the molecule is CC(C)(C)[Si](C)(C)OC[C@@H]1CC=C2CCCC[C@]23CC[C@@H]1O3. The number of rotatable bonds is 3. The Kier molecular flexibility index (Phi) is 4.37. The van der Waals surface area contributed by atoms with Crippen LogP contribution in [0.25, 0.3) is 0 Å². The van der Waals surface area contributed by atoms with E-state index in [0.29, 0.717) is 17.1 Å². The lowest BCUT2D eigenvalue weighted by atomic mass is 9.76. The minimum atomic E-state index is -1.65. The van der Waals surface area contributed by atoms with Crippen molar-refractivity contribution in [2.75, 3.05) is 6.61 Å². The molecule has 0 aromatic heterocycles. The van der Waals surface area contributed by atoms with Crippen LogP contribution in [0.3, 0.4) is 0 Å². The molecule has 3 heteroatoms. The summed E-state index contributed by atoms with van der Waals surface area (Å²) in [4.78, 5) is 0. The molecule has 2 nitrogen and oxygen atoms in total. The average Bonchev–Trinajstić information content (AvgIpc) is 2.76. The summed E-state index contributed by atoms with van der Waals surface area (Å²) in [5, 5.41) is 0.294. The summed E-state index contributed by atoms with van der Waals surface area (Å²) < 4.78 is 13.2. The van der Waals surface area contributed by atoms with Crippen LogP contribution in [0.4, 0.5) is 0 Å². The third-order valence-corrected chi connectivity index (χ3v) is 11.2. The predicted molar refractivity (Wildman–Crippen MR) is 94.6 cm³/mol. The van der Waals surface area contributed by atoms with Gasteiger partial charge in [-0.05, 0) is 68.7 Å². The van der Waals surface area contributed by atoms with Crippen LogP contribution in [0.2, 0.25) is 18.1 Å². The Bertz CT molecular complexity index is 449. The number of ether oxygens (including phenoxy) is 1. The van der Waals surface area contributed by atoms with Gasteiger partial charge < -0.3 is 9.16 Å². The summed E-state index contributed by atoms with van der Waals surface area (Å²) in [6, 6.07) is 0. The Morgan fingerprint density at radius 2 is 2.05 bits per heavy atom. The van der Waals surface area contributed by atoms with E-state index in [1.807, 2.05) is 0 Å². The second kappa shape index (κ2) is 5.75. The molecule has 126 valence electrons. The first-order valence-corrected chi connectivity index (χ1v) is 12.2. The largest absolute Gasteiger partial charge is 0.416 e. The van der Waals surface area contributed by atoms with E-state index >= 15 is 0 Å². The Labute approximate surface area is 137 Å². The fourth-order valence-electron chi connectivity index (χ4n) is 4.09. The molecule has 2 heterocycles. The number of fused-ring (bicyclic) bond motifs is 1. The highest BCUT2D eigenvalue weighted by molar-refractivity contribution is 6.74. The quantitative estimate of drug-likeness (QED) is 0.508. The molecule has 0 aromatic rings. The first-order chi connectivity index (χ1) is 10.2. The van der Waals surface area contributed by atoms with Crippen LogP contribution in [0, 0.1) is 5.92 Å². The molecule has 1 saturated carbocycles. The molecule has 22 heavy (non-hydrogen) atoms. The van der Waals surface area contributed by atoms with Gasteiger partial charge in [-0.25, -0.2) is 0 Å². The van der Waals surface area contributed by atoms with E-state index in [0.717, 1.165) is 13.0 Å². The van der Waals surface area contributed by atoms with E-state index in [9.17, 15) is 0 Å². The predicted octanol–water partition coefficient (Wildman–Crippen LogP) is 5.45. The first kappa shape index (κ1) is 16.7. The molecule has 2 aliphatic heterocycles. The van der Waals surface area contributed by atoms with Gasteiger partial charge in [-0.3, -0.25) is 0 Å². The van der Waals surface area contributed by atoms with E-state index in [-0.39, 0.29) is 5.60 Å². The van der Waals surface area contributed by atoms with Gasteiger partial charge in [-0.15, -0.1) is 0 Å². The van der Waals surface area contributed by atoms with E-state index in [1.165, 1.54) is 38.5 Å². The number of hydrogen-bond acceptors (Lipinski definition) is 2. The summed E-state index contributed by atoms with van der Waals surface area (Å²) in [5.41, 5.74) is 1.75. The summed E-state index contributed by atoms with van der Waals surface area (Å²) >= 11 is 0. The molecule has 2 fully saturated rings. The van der Waals surface area contributed by atoms with Gasteiger partial charge in [-0.2, -0.15) is 0 Å². The Morgan fingerprint density at radius 1 is 1.27 bits per heavy atom. The van der Waals surface area contributed by atoms with Crippen LogP contribution in [0.15, 0.2) is 11.6 Å². The lowest BCUT2D eigenvalue weighted by Gasteiger charge is -2.38. The molecule has 2 bridgehead atoms. The van der Waals surface area contributed by atoms with E-state index in [1.54, 1.807) is 5.57 Å². The van der Waals surface area contributed by atoms with Crippen LogP contribution in [0.1, 0.15) is 65.7 Å². The fourth-order valence-corrected chi connectivity index (χ4v) is 5.15. The van der Waals surface area contributed by atoms with Gasteiger partial charge in [0.1, 0.15) is 0 Å². The lowest BCUT2D eigenvalue weighted by molar-refractivity contribution is -0.0541. The van der Waals surface area contributed by atoms with Gasteiger partial charge in [0.2, 0.25) is 0 Å². The summed E-state index contributed by atoms with van der Waals surface area (Å²) in [7, 11) is -1.65. The molecule has 0 aromatic carbocycles. The van der Waals surface area contributed by atoms with Crippen molar-refractivity contribution in [3.05, 3.63) is 11.6 Å². The molecule has 0 radical (unpaired) electrons. The average molecular weight is 323 g/mol. The van der Waals surface area contributed by atoms with Crippen molar-refractivity contribution in [1.82, 2.24) is 0 Å². The van der Waals surface area contributed by atoms with Crippen LogP contribution < -0.4 is 0 Å². The van der Waals surface area contributed by atoms with Crippen molar-refractivity contribution in [2.45, 2.75) is 95.6 Å². The van der Waals surface area contributed by atoms with Crippen molar-refractivity contribution < 1.29 is 9.16 Å². The third kappa shape index (κ3) is 2.96. The van der Waals surface area contributed by atoms with Gasteiger partial charge in [0, 0.05) is 12.5 Å². The van der Waals surface area contributed by atoms with Crippen LogP contribution in [-0.4, -0.2) is 26.6 Å². The summed E-state index contributed by atoms with van der Waals surface area (Å²) in [5.74, 6) is 0.562. The van der Waals surface area contributed by atoms with Gasteiger partial charge in [-0.1, -0.05) is 26.8 Å². The zero-order valence-corrected chi connectivity index (χ0v) is 16.2. The minimum Gasteiger partial charge on any atom is -0.416 e. The van der Waals surface area contributed by atoms with Gasteiger partial charge in [0.15, 0.2) is 8.32 Å². The maximum absolute atomic E-state index is 6.64. The smallest absolute Gasteiger partial charge is 0.191 e.